The molecule has 0 atom stereocenters. The minimum absolute atomic E-state index is 0.0624. The molecule has 0 amide bonds. The van der Waals surface area contributed by atoms with Crippen LogP contribution < -0.4 is 4.90 Å². The van der Waals surface area contributed by atoms with Crippen molar-refractivity contribution in [3.8, 4) is 11.1 Å². The Morgan fingerprint density at radius 3 is 1.71 bits per heavy atom. The van der Waals surface area contributed by atoms with Crippen LogP contribution in [0.3, 0.4) is 0 Å². The molecule has 0 saturated heterocycles. The molecule has 1 heterocycles. The Hall–Kier alpha value is -3.36. The van der Waals surface area contributed by atoms with Crippen molar-refractivity contribution >= 4 is 17.1 Å². The number of ether oxygens (including phenoxy) is 1. The van der Waals surface area contributed by atoms with Crippen molar-refractivity contribution in [3.63, 3.8) is 0 Å². The minimum atomic E-state index is -0.243. The molecule has 1 aliphatic carbocycles. The lowest BCUT2D eigenvalue weighted by molar-refractivity contribution is -0.122. The maximum atomic E-state index is 6.70. The van der Waals surface area contributed by atoms with Gasteiger partial charge >= 0.3 is 0 Å². The average Bonchev–Trinajstić information content (AvgIpc) is 3.42. The van der Waals surface area contributed by atoms with Crippen LogP contribution in [-0.4, -0.2) is 0 Å². The topological polar surface area (TPSA) is 12.5 Å². The summed E-state index contributed by atoms with van der Waals surface area (Å²) in [6.45, 7) is 4.45. The van der Waals surface area contributed by atoms with E-state index in [0.29, 0.717) is 0 Å². The van der Waals surface area contributed by atoms with Crippen LogP contribution in [0.4, 0.5) is 17.1 Å². The fraction of sp³-hybridized carbons (Fsp3) is 0.250. The van der Waals surface area contributed by atoms with Gasteiger partial charge in [-0.15, -0.1) is 0 Å². The third-order valence-electron chi connectivity index (χ3n) is 7.51. The van der Waals surface area contributed by atoms with Gasteiger partial charge in [-0.25, -0.2) is 0 Å². The lowest BCUT2D eigenvalue weighted by Crippen LogP contribution is -2.25. The number of hydrogen-bond donors (Lipinski definition) is 0. The monoisotopic (exact) mass is 445 g/mol. The van der Waals surface area contributed by atoms with E-state index < -0.39 is 0 Å². The van der Waals surface area contributed by atoms with E-state index >= 15 is 0 Å². The molecule has 2 heteroatoms. The summed E-state index contributed by atoms with van der Waals surface area (Å²) in [7, 11) is 0. The Balaban J connectivity index is 1.37. The lowest BCUT2D eigenvalue weighted by atomic mass is 9.85. The summed E-state index contributed by atoms with van der Waals surface area (Å²) in [5, 5.41) is 0. The van der Waals surface area contributed by atoms with E-state index in [0.717, 1.165) is 29.9 Å². The standard InChI is InChI=1S/C32H31NO/c1-31(2)30-23-25(17-20-29(30)32(34-31)21-9-10-22-32)24-15-18-28(19-16-24)33(26-11-5-3-6-12-26)27-13-7-4-8-14-27/h3-8,11-20,23H,9-10,21-22H2,1-2H3. The summed E-state index contributed by atoms with van der Waals surface area (Å²) in [4.78, 5) is 2.30. The highest BCUT2D eigenvalue weighted by Gasteiger charge is 2.50. The van der Waals surface area contributed by atoms with Gasteiger partial charge in [-0.1, -0.05) is 73.5 Å². The lowest BCUT2D eigenvalue weighted by Gasteiger charge is -2.28. The second kappa shape index (κ2) is 8.14. The normalized spacial score (nSPS) is 17.6. The number of rotatable bonds is 4. The molecule has 1 fully saturated rings. The van der Waals surface area contributed by atoms with Crippen molar-refractivity contribution in [1.82, 2.24) is 0 Å². The van der Waals surface area contributed by atoms with Crippen molar-refractivity contribution in [3.05, 3.63) is 114 Å². The van der Waals surface area contributed by atoms with Gasteiger partial charge in [0.05, 0.1) is 11.2 Å². The van der Waals surface area contributed by atoms with Gasteiger partial charge in [0.1, 0.15) is 0 Å². The Morgan fingerprint density at radius 2 is 1.12 bits per heavy atom. The molecule has 1 saturated carbocycles. The number of nitrogens with zero attached hydrogens (tertiary/aromatic N) is 1. The second-order valence-corrected chi connectivity index (χ2v) is 10.1. The van der Waals surface area contributed by atoms with E-state index in [1.807, 2.05) is 0 Å². The van der Waals surface area contributed by atoms with Gasteiger partial charge in [-0.2, -0.15) is 0 Å². The van der Waals surface area contributed by atoms with Crippen molar-refractivity contribution in [1.29, 1.82) is 0 Å². The van der Waals surface area contributed by atoms with Gasteiger partial charge in [0.15, 0.2) is 0 Å². The predicted octanol–water partition coefficient (Wildman–Crippen LogP) is 8.86. The molecule has 0 bridgehead atoms. The molecule has 0 aromatic heterocycles. The largest absolute Gasteiger partial charge is 0.360 e. The first kappa shape index (κ1) is 21.2. The Morgan fingerprint density at radius 1 is 0.588 bits per heavy atom. The summed E-state index contributed by atoms with van der Waals surface area (Å²) in [6, 6.07) is 37.0. The molecular weight excluding hydrogens is 414 g/mol. The summed E-state index contributed by atoms with van der Waals surface area (Å²) in [5.41, 5.74) is 8.40. The van der Waals surface area contributed by atoms with E-state index in [1.165, 1.54) is 35.1 Å². The van der Waals surface area contributed by atoms with E-state index in [4.69, 9.17) is 4.74 Å². The Kier molecular flexibility index (Phi) is 5.08. The zero-order chi connectivity index (χ0) is 23.2. The van der Waals surface area contributed by atoms with Crippen molar-refractivity contribution in [2.45, 2.75) is 50.7 Å². The number of fused-ring (bicyclic) bond motifs is 2. The SMILES string of the molecule is CC1(C)OC2(CCCC2)c2ccc(-c3ccc(N(c4ccccc4)c4ccccc4)cc3)cc21. The molecule has 0 radical (unpaired) electrons. The maximum Gasteiger partial charge on any atom is 0.0946 e. The quantitative estimate of drug-likeness (QED) is 0.311. The molecule has 1 spiro atoms. The van der Waals surface area contributed by atoms with Crippen LogP contribution in [0.25, 0.3) is 11.1 Å². The first-order valence-corrected chi connectivity index (χ1v) is 12.4. The first-order chi connectivity index (χ1) is 16.6. The van der Waals surface area contributed by atoms with Gasteiger partial charge in [-0.05, 0) is 91.4 Å². The minimum Gasteiger partial charge on any atom is -0.360 e. The van der Waals surface area contributed by atoms with Gasteiger partial charge in [0.25, 0.3) is 0 Å². The molecule has 2 nitrogen and oxygen atoms in total. The molecule has 4 aromatic rings. The van der Waals surface area contributed by atoms with E-state index in [1.54, 1.807) is 0 Å². The fourth-order valence-corrected chi connectivity index (χ4v) is 5.94. The summed E-state index contributed by atoms with van der Waals surface area (Å²) < 4.78 is 6.70. The number of benzene rings is 4. The highest BCUT2D eigenvalue weighted by molar-refractivity contribution is 5.78. The van der Waals surface area contributed by atoms with Crippen LogP contribution in [0.1, 0.15) is 50.7 Å². The number of anilines is 3. The third kappa shape index (κ3) is 3.54. The van der Waals surface area contributed by atoms with Crippen LogP contribution >= 0.6 is 0 Å². The summed E-state index contributed by atoms with van der Waals surface area (Å²) in [5.74, 6) is 0. The second-order valence-electron chi connectivity index (χ2n) is 10.1. The molecule has 1 aliphatic heterocycles. The van der Waals surface area contributed by atoms with Crippen LogP contribution in [0.2, 0.25) is 0 Å². The van der Waals surface area contributed by atoms with Crippen LogP contribution in [0, 0.1) is 0 Å². The number of hydrogen-bond acceptors (Lipinski definition) is 2. The van der Waals surface area contributed by atoms with Crippen LogP contribution in [-0.2, 0) is 15.9 Å². The molecule has 34 heavy (non-hydrogen) atoms. The smallest absolute Gasteiger partial charge is 0.0946 e. The fourth-order valence-electron chi connectivity index (χ4n) is 5.94. The highest BCUT2D eigenvalue weighted by Crippen LogP contribution is 2.55. The summed E-state index contributed by atoms with van der Waals surface area (Å²) >= 11 is 0. The Bertz CT molecular complexity index is 1250. The van der Waals surface area contributed by atoms with E-state index in [9.17, 15) is 0 Å². The maximum absolute atomic E-state index is 6.70. The van der Waals surface area contributed by atoms with E-state index in [-0.39, 0.29) is 11.2 Å². The van der Waals surface area contributed by atoms with Gasteiger partial charge in [0, 0.05) is 17.1 Å². The molecule has 170 valence electrons. The molecule has 0 unspecified atom stereocenters. The molecule has 2 aliphatic rings. The molecule has 4 aromatic carbocycles. The van der Waals surface area contributed by atoms with Gasteiger partial charge in [-0.3, -0.25) is 0 Å². The van der Waals surface area contributed by atoms with Gasteiger partial charge in [0.2, 0.25) is 0 Å². The Labute approximate surface area is 202 Å². The zero-order valence-corrected chi connectivity index (χ0v) is 20.0. The molecule has 0 N–H and O–H groups in total. The highest BCUT2D eigenvalue weighted by atomic mass is 16.5. The predicted molar refractivity (Wildman–Crippen MR) is 141 cm³/mol. The first-order valence-electron chi connectivity index (χ1n) is 12.4. The molecular formula is C32H31NO. The van der Waals surface area contributed by atoms with Gasteiger partial charge < -0.3 is 9.64 Å². The van der Waals surface area contributed by atoms with Crippen molar-refractivity contribution < 1.29 is 4.74 Å². The van der Waals surface area contributed by atoms with Crippen LogP contribution in [0.5, 0.6) is 0 Å². The van der Waals surface area contributed by atoms with Crippen molar-refractivity contribution in [2.24, 2.45) is 0 Å². The van der Waals surface area contributed by atoms with Crippen molar-refractivity contribution in [2.75, 3.05) is 4.90 Å². The van der Waals surface area contributed by atoms with E-state index in [2.05, 4.69) is 122 Å². The van der Waals surface area contributed by atoms with Crippen LogP contribution in [0.15, 0.2) is 103 Å². The number of para-hydroxylation sites is 2. The zero-order valence-electron chi connectivity index (χ0n) is 20.0. The summed E-state index contributed by atoms with van der Waals surface area (Å²) in [6.07, 6.45) is 4.81. The third-order valence-corrected chi connectivity index (χ3v) is 7.51. The average molecular weight is 446 g/mol. The molecule has 6 rings (SSSR count).